The van der Waals surface area contributed by atoms with Crippen molar-refractivity contribution in [3.05, 3.63) is 46.5 Å². The van der Waals surface area contributed by atoms with Crippen LogP contribution in [0.5, 0.6) is 0 Å². The fourth-order valence-electron chi connectivity index (χ4n) is 6.10. The van der Waals surface area contributed by atoms with E-state index in [1.165, 1.54) is 12.8 Å². The van der Waals surface area contributed by atoms with E-state index in [1.807, 2.05) is 29.3 Å². The van der Waals surface area contributed by atoms with Gasteiger partial charge in [-0.05, 0) is 55.4 Å². The molecule has 0 saturated heterocycles. The summed E-state index contributed by atoms with van der Waals surface area (Å²) in [5.41, 5.74) is 2.61. The summed E-state index contributed by atoms with van der Waals surface area (Å²) in [6.45, 7) is 9.41. The number of allylic oxidation sites excluding steroid dienone is 2. The highest BCUT2D eigenvalue weighted by atomic mass is 32.2. The van der Waals surface area contributed by atoms with E-state index in [-0.39, 0.29) is 12.1 Å². The Morgan fingerprint density at radius 1 is 1.27 bits per heavy atom. The standard InChI is InChI=1S/C27H36N4OS/c1-5-6-14-33-26-29-25(32)23-19-11-7-8-12-22(19)28-24(31(23)30-26)20-16-21-18(15-17(20)2)10-9-13-27(21,3)4/h7-8,10-12,17,20-21,24H,5-6,9,13-16H2,1-4H3,(H,29,30,32)/t17-,20-,21+,24+/m1/s1. The first-order valence-corrected chi connectivity index (χ1v) is 13.6. The number of carbonyl (C=O) groups is 1. The summed E-state index contributed by atoms with van der Waals surface area (Å²) >= 11 is 1.64. The second-order valence-corrected chi connectivity index (χ2v) is 11.8. The van der Waals surface area contributed by atoms with Crippen LogP contribution >= 0.6 is 11.8 Å². The molecule has 0 unspecified atom stereocenters. The molecular formula is C27H36N4OS. The molecule has 2 aliphatic heterocycles. The first-order chi connectivity index (χ1) is 15.9. The third-order valence-electron chi connectivity index (χ3n) is 8.05. The SMILES string of the molecule is CCCCSC1=NN2C(=c3ccccc3=N[C@@H]2[C@@H]2C[C@H]3C(=CCCC3(C)C)C[C@H]2C)C(=O)N1. The minimum Gasteiger partial charge on any atom is -0.298 e. The second kappa shape index (κ2) is 8.94. The maximum Gasteiger partial charge on any atom is 0.276 e. The molecule has 1 aromatic carbocycles. The zero-order valence-corrected chi connectivity index (χ0v) is 21.1. The topological polar surface area (TPSA) is 57.1 Å². The summed E-state index contributed by atoms with van der Waals surface area (Å²) in [5.74, 6) is 2.34. The lowest BCUT2D eigenvalue weighted by Crippen LogP contribution is -2.56. The monoisotopic (exact) mass is 464 g/mol. The molecule has 1 amide bonds. The van der Waals surface area contributed by atoms with Gasteiger partial charge in [0, 0.05) is 16.9 Å². The van der Waals surface area contributed by atoms with Crippen LogP contribution in [-0.2, 0) is 4.79 Å². The number of hydrogen-bond acceptors (Lipinski definition) is 5. The molecule has 176 valence electrons. The van der Waals surface area contributed by atoms with Gasteiger partial charge in [0.25, 0.3) is 5.91 Å². The predicted molar refractivity (Wildman–Crippen MR) is 136 cm³/mol. The normalized spacial score (nSPS) is 30.2. The fraction of sp³-hybridized carbons (Fsp3) is 0.593. The van der Waals surface area contributed by atoms with Crippen molar-refractivity contribution >= 4 is 28.5 Å². The van der Waals surface area contributed by atoms with E-state index in [4.69, 9.17) is 10.1 Å². The maximum absolute atomic E-state index is 13.3. The fourth-order valence-corrected chi connectivity index (χ4v) is 7.03. The van der Waals surface area contributed by atoms with Crippen LogP contribution in [0.15, 0.2) is 46.0 Å². The minimum atomic E-state index is -0.142. The third kappa shape index (κ3) is 4.16. The van der Waals surface area contributed by atoms with Crippen LogP contribution in [-0.4, -0.2) is 28.0 Å². The van der Waals surface area contributed by atoms with Gasteiger partial charge in [0.2, 0.25) is 0 Å². The zero-order valence-electron chi connectivity index (χ0n) is 20.3. The number of hydrogen-bond donors (Lipinski definition) is 1. The summed E-state index contributed by atoms with van der Waals surface area (Å²) in [6.07, 6.45) is 9.28. The van der Waals surface area contributed by atoms with E-state index in [9.17, 15) is 4.79 Å². The Morgan fingerprint density at radius 3 is 2.91 bits per heavy atom. The number of unbranched alkanes of at least 4 members (excludes halogenated alkanes) is 1. The first kappa shape index (κ1) is 22.7. The molecule has 1 fully saturated rings. The number of amides is 1. The molecule has 2 heterocycles. The van der Waals surface area contributed by atoms with Gasteiger partial charge >= 0.3 is 0 Å². The molecule has 1 saturated carbocycles. The van der Waals surface area contributed by atoms with Gasteiger partial charge in [-0.3, -0.25) is 15.1 Å². The molecule has 1 N–H and O–H groups in total. The largest absolute Gasteiger partial charge is 0.298 e. The molecule has 0 spiro atoms. The van der Waals surface area contributed by atoms with E-state index in [2.05, 4.69) is 39.1 Å². The molecule has 5 nitrogen and oxygen atoms in total. The number of fused-ring (bicyclic) bond motifs is 3. The number of para-hydroxylation sites is 1. The summed E-state index contributed by atoms with van der Waals surface area (Å²) in [6, 6.07) is 8.03. The number of carbonyl (C=O) groups excluding carboxylic acids is 1. The van der Waals surface area contributed by atoms with Gasteiger partial charge < -0.3 is 0 Å². The molecular weight excluding hydrogens is 428 g/mol. The summed E-state index contributed by atoms with van der Waals surface area (Å²) in [7, 11) is 0. The molecule has 4 atom stereocenters. The van der Waals surface area contributed by atoms with Crippen molar-refractivity contribution in [3.8, 4) is 0 Å². The quantitative estimate of drug-likeness (QED) is 0.531. The molecule has 4 aliphatic rings. The Kier molecular flexibility index (Phi) is 6.15. The van der Waals surface area contributed by atoms with Gasteiger partial charge in [0.15, 0.2) is 5.17 Å². The molecule has 2 aliphatic carbocycles. The van der Waals surface area contributed by atoms with Crippen LogP contribution in [0.1, 0.15) is 66.2 Å². The van der Waals surface area contributed by atoms with Crippen LogP contribution < -0.4 is 15.9 Å². The number of nitrogens with one attached hydrogen (secondary N) is 1. The van der Waals surface area contributed by atoms with E-state index >= 15 is 0 Å². The smallest absolute Gasteiger partial charge is 0.276 e. The second-order valence-electron chi connectivity index (χ2n) is 10.8. The minimum absolute atomic E-state index is 0.0570. The van der Waals surface area contributed by atoms with Crippen molar-refractivity contribution in [2.45, 2.75) is 72.4 Å². The van der Waals surface area contributed by atoms with Crippen molar-refractivity contribution in [1.29, 1.82) is 0 Å². The average Bonchev–Trinajstić information content (AvgIpc) is 2.78. The Labute approximate surface area is 201 Å². The maximum atomic E-state index is 13.3. The van der Waals surface area contributed by atoms with Crippen LogP contribution in [0.2, 0.25) is 0 Å². The molecule has 0 aromatic heterocycles. The molecule has 33 heavy (non-hydrogen) atoms. The molecule has 0 radical (unpaired) electrons. The van der Waals surface area contributed by atoms with Crippen molar-refractivity contribution in [1.82, 2.24) is 10.3 Å². The Morgan fingerprint density at radius 2 is 2.09 bits per heavy atom. The number of hydrazone groups is 1. The van der Waals surface area contributed by atoms with Gasteiger partial charge in [0.05, 0.1) is 5.36 Å². The van der Waals surface area contributed by atoms with Gasteiger partial charge in [0.1, 0.15) is 11.9 Å². The number of benzene rings is 1. The summed E-state index contributed by atoms with van der Waals surface area (Å²) in [5, 5.41) is 12.5. The first-order valence-electron chi connectivity index (χ1n) is 12.6. The Bertz CT molecular complexity index is 1120. The average molecular weight is 465 g/mol. The Hall–Kier alpha value is -2.08. The molecule has 0 bridgehead atoms. The highest BCUT2D eigenvalue weighted by Gasteiger charge is 2.46. The van der Waals surface area contributed by atoms with E-state index in [0.29, 0.717) is 34.0 Å². The lowest BCUT2D eigenvalue weighted by atomic mass is 9.58. The van der Waals surface area contributed by atoms with Crippen molar-refractivity contribution in [3.63, 3.8) is 0 Å². The molecule has 1 aromatic rings. The zero-order chi connectivity index (χ0) is 23.2. The highest BCUT2D eigenvalue weighted by Crippen LogP contribution is 2.52. The van der Waals surface area contributed by atoms with Gasteiger partial charge in [-0.15, -0.1) is 5.10 Å². The highest BCUT2D eigenvalue weighted by molar-refractivity contribution is 8.13. The predicted octanol–water partition coefficient (Wildman–Crippen LogP) is 4.40. The number of amidine groups is 1. The van der Waals surface area contributed by atoms with Gasteiger partial charge in [-0.2, -0.15) is 0 Å². The number of thioether (sulfide) groups is 1. The van der Waals surface area contributed by atoms with E-state index < -0.39 is 0 Å². The number of rotatable bonds is 4. The summed E-state index contributed by atoms with van der Waals surface area (Å²) in [4.78, 5) is 18.6. The van der Waals surface area contributed by atoms with Crippen molar-refractivity contribution in [2.75, 3.05) is 5.75 Å². The van der Waals surface area contributed by atoms with Crippen molar-refractivity contribution < 1.29 is 4.79 Å². The van der Waals surface area contributed by atoms with Crippen LogP contribution in [0.3, 0.4) is 0 Å². The van der Waals surface area contributed by atoms with E-state index in [0.717, 1.165) is 42.0 Å². The Balaban J connectivity index is 1.56. The lowest BCUT2D eigenvalue weighted by Gasteiger charge is -2.49. The molecule has 6 heteroatoms. The van der Waals surface area contributed by atoms with Crippen LogP contribution in [0.25, 0.3) is 5.70 Å². The molecule has 5 rings (SSSR count). The van der Waals surface area contributed by atoms with Gasteiger partial charge in [-0.1, -0.05) is 75.7 Å². The van der Waals surface area contributed by atoms with Crippen LogP contribution in [0.4, 0.5) is 0 Å². The number of nitrogens with zero attached hydrogens (tertiary/aromatic N) is 3. The summed E-state index contributed by atoms with van der Waals surface area (Å²) < 4.78 is 0. The van der Waals surface area contributed by atoms with Crippen molar-refractivity contribution in [2.24, 2.45) is 33.3 Å². The van der Waals surface area contributed by atoms with Crippen LogP contribution in [0, 0.1) is 23.2 Å². The third-order valence-corrected chi connectivity index (χ3v) is 9.00. The van der Waals surface area contributed by atoms with Gasteiger partial charge in [-0.25, -0.2) is 5.01 Å². The van der Waals surface area contributed by atoms with E-state index in [1.54, 1.807) is 17.3 Å². The lowest BCUT2D eigenvalue weighted by molar-refractivity contribution is -0.116.